The van der Waals surface area contributed by atoms with Crippen molar-refractivity contribution in [2.24, 2.45) is 0 Å². The van der Waals surface area contributed by atoms with Gasteiger partial charge in [0, 0.05) is 13.0 Å². The first-order valence-electron chi connectivity index (χ1n) is 6.92. The van der Waals surface area contributed by atoms with Crippen molar-refractivity contribution in [3.8, 4) is 0 Å². The SMILES string of the molecule is CC1CCC(C(=O)Nc2cc(C(O)CCO)ncc2F)O1. The maximum atomic E-state index is 13.7. The van der Waals surface area contributed by atoms with Crippen LogP contribution in [0.3, 0.4) is 0 Å². The number of aliphatic hydroxyl groups excluding tert-OH is 2. The van der Waals surface area contributed by atoms with Crippen molar-refractivity contribution in [2.75, 3.05) is 11.9 Å². The largest absolute Gasteiger partial charge is 0.396 e. The van der Waals surface area contributed by atoms with E-state index in [0.717, 1.165) is 12.6 Å². The Kier molecular flexibility index (Phi) is 5.22. The molecule has 1 aliphatic heterocycles. The average molecular weight is 298 g/mol. The molecule has 3 atom stereocenters. The third kappa shape index (κ3) is 3.96. The lowest BCUT2D eigenvalue weighted by molar-refractivity contribution is -0.126. The molecular formula is C14H19FN2O4. The lowest BCUT2D eigenvalue weighted by Gasteiger charge is -2.14. The third-order valence-electron chi connectivity index (χ3n) is 3.40. The molecule has 7 heteroatoms. The van der Waals surface area contributed by atoms with Crippen molar-refractivity contribution in [1.29, 1.82) is 0 Å². The predicted molar refractivity (Wildman–Crippen MR) is 73.1 cm³/mol. The van der Waals surface area contributed by atoms with Gasteiger partial charge in [0.1, 0.15) is 6.10 Å². The number of halogens is 1. The molecule has 0 spiro atoms. The molecule has 1 saturated heterocycles. The molecule has 3 unspecified atom stereocenters. The Morgan fingerprint density at radius 2 is 2.38 bits per heavy atom. The highest BCUT2D eigenvalue weighted by atomic mass is 19.1. The Morgan fingerprint density at radius 1 is 1.62 bits per heavy atom. The topological polar surface area (TPSA) is 91.7 Å². The molecule has 2 heterocycles. The van der Waals surface area contributed by atoms with E-state index in [0.29, 0.717) is 6.42 Å². The van der Waals surface area contributed by atoms with E-state index in [4.69, 9.17) is 9.84 Å². The molecule has 3 N–H and O–H groups in total. The minimum absolute atomic E-state index is 0.0185. The summed E-state index contributed by atoms with van der Waals surface area (Å²) in [5, 5.41) is 21.0. The first-order chi connectivity index (χ1) is 10.0. The van der Waals surface area contributed by atoms with E-state index in [1.165, 1.54) is 6.07 Å². The molecule has 0 saturated carbocycles. The van der Waals surface area contributed by atoms with Crippen molar-refractivity contribution < 1.29 is 24.1 Å². The van der Waals surface area contributed by atoms with Gasteiger partial charge in [-0.2, -0.15) is 0 Å². The zero-order chi connectivity index (χ0) is 15.4. The monoisotopic (exact) mass is 298 g/mol. The summed E-state index contributed by atoms with van der Waals surface area (Å²) in [6.45, 7) is 1.67. The molecule has 1 aromatic rings. The Morgan fingerprint density at radius 3 is 3.00 bits per heavy atom. The number of ether oxygens (including phenoxy) is 1. The zero-order valence-corrected chi connectivity index (χ0v) is 11.8. The fraction of sp³-hybridized carbons (Fsp3) is 0.571. The molecule has 0 aromatic carbocycles. The highest BCUT2D eigenvalue weighted by Gasteiger charge is 2.28. The quantitative estimate of drug-likeness (QED) is 0.758. The number of aromatic nitrogens is 1. The van der Waals surface area contributed by atoms with E-state index < -0.39 is 23.9 Å². The number of anilines is 1. The molecule has 6 nitrogen and oxygen atoms in total. The van der Waals surface area contributed by atoms with Crippen LogP contribution in [-0.4, -0.2) is 39.9 Å². The summed E-state index contributed by atoms with van der Waals surface area (Å²) >= 11 is 0. The van der Waals surface area contributed by atoms with Gasteiger partial charge in [-0.15, -0.1) is 0 Å². The van der Waals surface area contributed by atoms with Gasteiger partial charge in [-0.1, -0.05) is 0 Å². The van der Waals surface area contributed by atoms with Crippen LogP contribution in [0.4, 0.5) is 10.1 Å². The maximum absolute atomic E-state index is 13.7. The summed E-state index contributed by atoms with van der Waals surface area (Å²) in [4.78, 5) is 15.7. The first kappa shape index (κ1) is 15.8. The van der Waals surface area contributed by atoms with Crippen LogP contribution < -0.4 is 5.32 Å². The molecule has 1 aliphatic rings. The summed E-state index contributed by atoms with van der Waals surface area (Å²) in [6.07, 6.45) is 0.841. The first-order valence-corrected chi connectivity index (χ1v) is 6.92. The number of aliphatic hydroxyl groups is 2. The molecule has 0 radical (unpaired) electrons. The Hall–Kier alpha value is -1.57. The van der Waals surface area contributed by atoms with Gasteiger partial charge >= 0.3 is 0 Å². The maximum Gasteiger partial charge on any atom is 0.253 e. The average Bonchev–Trinajstić information content (AvgIpc) is 2.88. The fourth-order valence-corrected chi connectivity index (χ4v) is 2.21. The second-order valence-corrected chi connectivity index (χ2v) is 5.12. The number of amides is 1. The second-order valence-electron chi connectivity index (χ2n) is 5.12. The van der Waals surface area contributed by atoms with E-state index in [1.807, 2.05) is 6.92 Å². The molecule has 21 heavy (non-hydrogen) atoms. The number of rotatable bonds is 5. The highest BCUT2D eigenvalue weighted by molar-refractivity contribution is 5.94. The van der Waals surface area contributed by atoms with E-state index in [1.54, 1.807) is 0 Å². The lowest BCUT2D eigenvalue weighted by Crippen LogP contribution is -2.28. The summed E-state index contributed by atoms with van der Waals surface area (Å²) in [6, 6.07) is 1.27. The highest BCUT2D eigenvalue weighted by Crippen LogP contribution is 2.23. The van der Waals surface area contributed by atoms with Gasteiger partial charge in [-0.3, -0.25) is 9.78 Å². The normalized spacial score (nSPS) is 23.0. The van der Waals surface area contributed by atoms with Gasteiger partial charge < -0.3 is 20.3 Å². The summed E-state index contributed by atoms with van der Waals surface area (Å²) < 4.78 is 19.1. The van der Waals surface area contributed by atoms with Crippen LogP contribution in [0.15, 0.2) is 12.3 Å². The minimum Gasteiger partial charge on any atom is -0.396 e. The number of carbonyl (C=O) groups is 1. The smallest absolute Gasteiger partial charge is 0.253 e. The fourth-order valence-electron chi connectivity index (χ4n) is 2.21. The van der Waals surface area contributed by atoms with Gasteiger partial charge in [0.05, 0.1) is 29.8 Å². The summed E-state index contributed by atoms with van der Waals surface area (Å²) in [5.41, 5.74) is 0.145. The standard InChI is InChI=1S/C14H19FN2O4/c1-8-2-3-13(21-8)14(20)17-10-6-11(12(19)4-5-18)16-7-9(10)15/h6-8,12-13,18-19H,2-5H2,1H3,(H,16,17,20). The Labute approximate surface area is 122 Å². The van der Waals surface area contributed by atoms with Crippen LogP contribution in [0.2, 0.25) is 0 Å². The number of hydrogen-bond donors (Lipinski definition) is 3. The van der Waals surface area contributed by atoms with Crippen molar-refractivity contribution in [2.45, 2.75) is 44.5 Å². The molecule has 1 fully saturated rings. The third-order valence-corrected chi connectivity index (χ3v) is 3.40. The van der Waals surface area contributed by atoms with E-state index in [-0.39, 0.29) is 30.5 Å². The molecule has 1 aromatic heterocycles. The van der Waals surface area contributed by atoms with Crippen molar-refractivity contribution in [3.63, 3.8) is 0 Å². The van der Waals surface area contributed by atoms with Gasteiger partial charge in [-0.05, 0) is 25.8 Å². The van der Waals surface area contributed by atoms with Crippen LogP contribution in [-0.2, 0) is 9.53 Å². The van der Waals surface area contributed by atoms with Crippen molar-refractivity contribution >= 4 is 11.6 Å². The zero-order valence-electron chi connectivity index (χ0n) is 11.8. The van der Waals surface area contributed by atoms with Crippen molar-refractivity contribution in [3.05, 3.63) is 23.8 Å². The second kappa shape index (κ2) is 6.93. The molecule has 0 bridgehead atoms. The summed E-state index contributed by atoms with van der Waals surface area (Å²) in [7, 11) is 0. The molecule has 2 rings (SSSR count). The van der Waals surface area contributed by atoms with Crippen molar-refractivity contribution in [1.82, 2.24) is 4.98 Å². The number of carbonyl (C=O) groups excluding carboxylic acids is 1. The van der Waals surface area contributed by atoms with Gasteiger partial charge in [-0.25, -0.2) is 4.39 Å². The Balaban J connectivity index is 2.08. The van der Waals surface area contributed by atoms with Gasteiger partial charge in [0.25, 0.3) is 5.91 Å². The van der Waals surface area contributed by atoms with E-state index >= 15 is 0 Å². The van der Waals surface area contributed by atoms with Crippen LogP contribution in [0, 0.1) is 5.82 Å². The minimum atomic E-state index is -1.01. The number of nitrogens with zero attached hydrogens (tertiary/aromatic N) is 1. The van der Waals surface area contributed by atoms with Crippen LogP contribution in [0.5, 0.6) is 0 Å². The molecule has 116 valence electrons. The molecular weight excluding hydrogens is 279 g/mol. The van der Waals surface area contributed by atoms with Gasteiger partial charge in [0.2, 0.25) is 0 Å². The van der Waals surface area contributed by atoms with Gasteiger partial charge in [0.15, 0.2) is 5.82 Å². The number of hydrogen-bond acceptors (Lipinski definition) is 5. The lowest BCUT2D eigenvalue weighted by atomic mass is 10.1. The molecule has 0 aliphatic carbocycles. The van der Waals surface area contributed by atoms with Crippen LogP contribution in [0.25, 0.3) is 0 Å². The number of pyridine rings is 1. The van der Waals surface area contributed by atoms with Crippen LogP contribution >= 0.6 is 0 Å². The van der Waals surface area contributed by atoms with E-state index in [2.05, 4.69) is 10.3 Å². The molecule has 1 amide bonds. The van der Waals surface area contributed by atoms with Crippen LogP contribution in [0.1, 0.15) is 38.0 Å². The Bertz CT molecular complexity index is 512. The predicted octanol–water partition coefficient (Wildman–Crippen LogP) is 1.14. The van der Waals surface area contributed by atoms with E-state index in [9.17, 15) is 14.3 Å². The number of nitrogens with one attached hydrogen (secondary N) is 1. The summed E-state index contributed by atoms with van der Waals surface area (Å²) in [5.74, 6) is -1.10.